The van der Waals surface area contributed by atoms with Crippen LogP contribution in [-0.2, 0) is 0 Å². The molecule has 1 rings (SSSR count). The summed E-state index contributed by atoms with van der Waals surface area (Å²) in [6.45, 7) is 0. The van der Waals surface area contributed by atoms with Crippen molar-refractivity contribution in [1.29, 1.82) is 0 Å². The lowest BCUT2D eigenvalue weighted by atomic mass is 11.0. The van der Waals surface area contributed by atoms with Gasteiger partial charge in [-0.3, -0.25) is 5.43 Å². The van der Waals surface area contributed by atoms with E-state index in [1.165, 1.54) is 0 Å². The quantitative estimate of drug-likeness (QED) is 0.346. The lowest BCUT2D eigenvalue weighted by Crippen LogP contribution is -2.43. The van der Waals surface area contributed by atoms with E-state index in [0.29, 0.717) is 0 Å². The third-order valence-electron chi connectivity index (χ3n) is 0.588. The third-order valence-corrected chi connectivity index (χ3v) is 0.588. The van der Waals surface area contributed by atoms with Crippen molar-refractivity contribution in [2.24, 2.45) is 5.10 Å². The zero-order valence-electron chi connectivity index (χ0n) is 3.75. The van der Waals surface area contributed by atoms with E-state index in [9.17, 15) is 8.87 Å². The van der Waals surface area contributed by atoms with Crippen LogP contribution in [0.1, 0.15) is 0 Å². The number of hydrazone groups is 1. The van der Waals surface area contributed by atoms with Gasteiger partial charge in [0.25, 0.3) is 6.42 Å². The molecule has 1 radical (unpaired) electrons. The van der Waals surface area contributed by atoms with Crippen LogP contribution in [0.15, 0.2) is 5.10 Å². The fraction of sp³-hybridized carbons (Fsp3) is 0.500. The standard InChI is InChI=1S/C2H3F2N4/c3-2-7-5-1-6-8(2)4/h1-2,7H. The van der Waals surface area contributed by atoms with Crippen molar-refractivity contribution in [3.8, 4) is 0 Å². The topological polar surface area (TPSA) is 41.7 Å². The molecule has 1 aliphatic rings. The number of halogens is 2. The summed E-state index contributed by atoms with van der Waals surface area (Å²) < 4.78 is 23.5. The Morgan fingerprint density at radius 3 is 2.88 bits per heavy atom. The fourth-order valence-corrected chi connectivity index (χ4v) is 0.276. The number of hydrogen-bond acceptors (Lipinski definition) is 3. The summed E-state index contributed by atoms with van der Waals surface area (Å²) in [5, 5.41) is 2.74. The minimum absolute atomic E-state index is 0.368. The van der Waals surface area contributed by atoms with Crippen LogP contribution in [-0.4, -0.2) is 18.0 Å². The molecule has 6 heteroatoms. The van der Waals surface area contributed by atoms with Crippen LogP contribution in [0.25, 0.3) is 0 Å². The smallest absolute Gasteiger partial charge is 0.260 e. The molecule has 0 saturated carbocycles. The number of nitrogens with zero attached hydrogens (tertiary/aromatic N) is 3. The molecule has 0 spiro atoms. The van der Waals surface area contributed by atoms with Gasteiger partial charge in [0.1, 0.15) is 0 Å². The van der Waals surface area contributed by atoms with Gasteiger partial charge < -0.3 is 0 Å². The predicted molar refractivity (Wildman–Crippen MR) is 21.6 cm³/mol. The lowest BCUT2D eigenvalue weighted by molar-refractivity contribution is -0.129. The molecule has 0 fully saturated rings. The van der Waals surface area contributed by atoms with Crippen molar-refractivity contribution in [3.05, 3.63) is 0 Å². The monoisotopic (exact) mass is 121 g/mol. The second kappa shape index (κ2) is 1.91. The van der Waals surface area contributed by atoms with E-state index in [1.807, 2.05) is 0 Å². The highest BCUT2D eigenvalue weighted by Gasteiger charge is 2.18. The van der Waals surface area contributed by atoms with E-state index in [1.54, 1.807) is 5.43 Å². The van der Waals surface area contributed by atoms with Crippen LogP contribution < -0.4 is 10.9 Å². The second-order valence-corrected chi connectivity index (χ2v) is 1.11. The summed E-state index contributed by atoms with van der Waals surface area (Å²) in [5.74, 6) is 0. The molecule has 0 aromatic rings. The molecule has 0 bridgehead atoms. The largest absolute Gasteiger partial charge is 0.289 e. The fourth-order valence-electron chi connectivity index (χ4n) is 0.276. The number of nitrogens with one attached hydrogen (secondary N) is 1. The zero-order chi connectivity index (χ0) is 5.98. The van der Waals surface area contributed by atoms with Crippen molar-refractivity contribution in [2.45, 2.75) is 6.42 Å². The first-order valence-corrected chi connectivity index (χ1v) is 1.87. The summed E-state index contributed by atoms with van der Waals surface area (Å²) in [6.07, 6.45) is -1.07. The minimum Gasteiger partial charge on any atom is -0.260 e. The molecule has 0 aromatic carbocycles. The first-order valence-electron chi connectivity index (χ1n) is 1.87. The Hall–Kier alpha value is -0.910. The molecule has 1 unspecified atom stereocenters. The highest BCUT2D eigenvalue weighted by molar-refractivity contribution is 5.52. The van der Waals surface area contributed by atoms with Gasteiger partial charge in [-0.25, -0.2) is 0 Å². The Morgan fingerprint density at radius 2 is 2.50 bits per heavy atom. The maximum atomic E-state index is 11.8. The van der Waals surface area contributed by atoms with E-state index >= 15 is 0 Å². The molecule has 1 atom stereocenters. The van der Waals surface area contributed by atoms with Crippen LogP contribution in [0.2, 0.25) is 0 Å². The Balaban J connectivity index is 2.44. The van der Waals surface area contributed by atoms with Crippen LogP contribution in [0.5, 0.6) is 0 Å². The number of hydrogen-bond donors (Lipinski definition) is 1. The first-order chi connectivity index (χ1) is 3.80. The van der Waals surface area contributed by atoms with Crippen molar-refractivity contribution in [3.63, 3.8) is 0 Å². The summed E-state index contributed by atoms with van der Waals surface area (Å²) >= 11 is 0. The second-order valence-electron chi connectivity index (χ2n) is 1.11. The van der Waals surface area contributed by atoms with Gasteiger partial charge in [0.15, 0.2) is 6.34 Å². The molecule has 0 aliphatic carbocycles. The SMILES string of the molecule is FC1NN=C[N]N1F. The number of alkyl halides is 1. The molecule has 0 aromatic heterocycles. The van der Waals surface area contributed by atoms with Crippen LogP contribution in [0.3, 0.4) is 0 Å². The lowest BCUT2D eigenvalue weighted by Gasteiger charge is -2.15. The average molecular weight is 121 g/mol. The molecule has 1 aliphatic heterocycles. The predicted octanol–water partition coefficient (Wildman–Crippen LogP) is -0.508. The molecule has 0 saturated heterocycles. The Morgan fingerprint density at radius 1 is 1.75 bits per heavy atom. The molecular formula is C2H3F2N4. The highest BCUT2D eigenvalue weighted by atomic mass is 19.2. The van der Waals surface area contributed by atoms with Crippen LogP contribution in [0, 0.1) is 0 Å². The van der Waals surface area contributed by atoms with Crippen molar-refractivity contribution < 1.29 is 8.87 Å². The molecule has 1 N–H and O–H groups in total. The summed E-state index contributed by atoms with van der Waals surface area (Å²) in [4.78, 5) is 0. The molecule has 4 nitrogen and oxygen atoms in total. The Kier molecular flexibility index (Phi) is 1.25. The van der Waals surface area contributed by atoms with Gasteiger partial charge in [-0.15, -0.1) is 4.48 Å². The zero-order valence-corrected chi connectivity index (χ0v) is 3.75. The van der Waals surface area contributed by atoms with E-state index in [4.69, 9.17) is 0 Å². The van der Waals surface area contributed by atoms with Crippen molar-refractivity contribution in [1.82, 2.24) is 16.1 Å². The summed E-state index contributed by atoms with van der Waals surface area (Å²) in [5.41, 5.74) is 4.64. The maximum absolute atomic E-state index is 11.8. The third kappa shape index (κ3) is 0.836. The van der Waals surface area contributed by atoms with Gasteiger partial charge in [0, 0.05) is 5.23 Å². The van der Waals surface area contributed by atoms with Gasteiger partial charge in [-0.1, -0.05) is 0 Å². The van der Waals surface area contributed by atoms with Gasteiger partial charge in [0.05, 0.1) is 0 Å². The molecule has 8 heavy (non-hydrogen) atoms. The van der Waals surface area contributed by atoms with Crippen molar-refractivity contribution >= 4 is 6.34 Å². The molecular weight excluding hydrogens is 118 g/mol. The van der Waals surface area contributed by atoms with Gasteiger partial charge in [-0.2, -0.15) is 14.9 Å². The normalized spacial score (nSPS) is 29.0. The number of rotatable bonds is 0. The van der Waals surface area contributed by atoms with E-state index < -0.39 is 6.42 Å². The Bertz CT molecular complexity index is 92.2. The summed E-state index contributed by atoms with van der Waals surface area (Å²) in [6, 6.07) is 0. The molecule has 45 valence electrons. The van der Waals surface area contributed by atoms with Gasteiger partial charge in [0.2, 0.25) is 0 Å². The minimum atomic E-state index is -1.94. The molecule has 0 amide bonds. The van der Waals surface area contributed by atoms with Gasteiger partial charge >= 0.3 is 0 Å². The average Bonchev–Trinajstić information content (AvgIpc) is 1.77. The summed E-state index contributed by atoms with van der Waals surface area (Å²) in [7, 11) is 0. The molecule has 1 heterocycles. The first kappa shape index (κ1) is 5.23. The van der Waals surface area contributed by atoms with Crippen molar-refractivity contribution in [2.75, 3.05) is 0 Å². The highest BCUT2D eigenvalue weighted by Crippen LogP contribution is 1.96. The van der Waals surface area contributed by atoms with E-state index in [0.717, 1.165) is 6.34 Å². The maximum Gasteiger partial charge on any atom is 0.289 e. The van der Waals surface area contributed by atoms with Crippen LogP contribution in [0.4, 0.5) is 8.87 Å². The Labute approximate surface area is 44.1 Å². The van der Waals surface area contributed by atoms with E-state index in [2.05, 4.69) is 10.5 Å². The van der Waals surface area contributed by atoms with E-state index in [-0.39, 0.29) is 5.23 Å². The van der Waals surface area contributed by atoms with Gasteiger partial charge in [-0.05, 0) is 0 Å². The van der Waals surface area contributed by atoms with Crippen LogP contribution >= 0.6 is 0 Å².